The molecule has 5 nitrogen and oxygen atoms in total. The maximum absolute atomic E-state index is 6.33. The number of hydrogen-bond acceptors (Lipinski definition) is 5. The first-order valence-corrected chi connectivity index (χ1v) is 7.67. The van der Waals surface area contributed by atoms with Gasteiger partial charge in [0, 0.05) is 32.7 Å². The van der Waals surface area contributed by atoms with Crippen molar-refractivity contribution in [1.29, 1.82) is 0 Å². The smallest absolute Gasteiger partial charge is 0.161 e. The molecule has 0 saturated carbocycles. The molecule has 2 aliphatic rings. The number of likely N-dealkylation sites (tertiary alicyclic amines) is 1. The van der Waals surface area contributed by atoms with E-state index in [1.807, 2.05) is 6.07 Å². The van der Waals surface area contributed by atoms with Crippen LogP contribution in [0.15, 0.2) is 18.2 Å². The van der Waals surface area contributed by atoms with Crippen LogP contribution in [-0.4, -0.2) is 51.0 Å². The van der Waals surface area contributed by atoms with E-state index >= 15 is 0 Å². The molecular formula is C16H24N2O3. The Bertz CT molecular complexity index is 481. The maximum Gasteiger partial charge on any atom is 0.161 e. The molecular weight excluding hydrogens is 268 g/mol. The third-order valence-electron chi connectivity index (χ3n) is 4.24. The lowest BCUT2D eigenvalue weighted by atomic mass is 10.00. The maximum atomic E-state index is 6.33. The van der Waals surface area contributed by atoms with E-state index in [0.29, 0.717) is 6.61 Å². The number of methoxy groups -OCH3 is 1. The topological polar surface area (TPSA) is 57.0 Å². The molecule has 2 aliphatic heterocycles. The van der Waals surface area contributed by atoms with E-state index in [9.17, 15) is 0 Å². The highest BCUT2D eigenvalue weighted by molar-refractivity contribution is 5.44. The van der Waals surface area contributed by atoms with E-state index in [1.54, 1.807) is 7.11 Å². The number of fused-ring (bicyclic) bond motifs is 1. The summed E-state index contributed by atoms with van der Waals surface area (Å²) in [5.74, 6) is 1.68. The first-order valence-electron chi connectivity index (χ1n) is 7.67. The minimum Gasteiger partial charge on any atom is -0.490 e. The summed E-state index contributed by atoms with van der Waals surface area (Å²) in [6, 6.07) is 6.61. The van der Waals surface area contributed by atoms with Crippen molar-refractivity contribution < 1.29 is 14.2 Å². The van der Waals surface area contributed by atoms with E-state index in [1.165, 1.54) is 5.56 Å². The Morgan fingerprint density at radius 2 is 2.10 bits per heavy atom. The Morgan fingerprint density at radius 1 is 1.29 bits per heavy atom. The first-order chi connectivity index (χ1) is 10.3. The van der Waals surface area contributed by atoms with Gasteiger partial charge in [-0.25, -0.2) is 0 Å². The van der Waals surface area contributed by atoms with Crippen molar-refractivity contribution in [3.05, 3.63) is 23.8 Å². The highest BCUT2D eigenvalue weighted by atomic mass is 16.5. The predicted octanol–water partition coefficient (Wildman–Crippen LogP) is 1.57. The van der Waals surface area contributed by atoms with Gasteiger partial charge in [0.2, 0.25) is 0 Å². The molecule has 0 radical (unpaired) electrons. The zero-order valence-corrected chi connectivity index (χ0v) is 12.6. The highest BCUT2D eigenvalue weighted by Gasteiger charge is 2.33. The molecule has 2 unspecified atom stereocenters. The molecule has 0 aliphatic carbocycles. The Hall–Kier alpha value is -1.30. The van der Waals surface area contributed by atoms with Gasteiger partial charge < -0.3 is 19.9 Å². The second-order valence-corrected chi connectivity index (χ2v) is 5.68. The molecule has 2 heterocycles. The van der Waals surface area contributed by atoms with Gasteiger partial charge in [-0.2, -0.15) is 0 Å². The van der Waals surface area contributed by atoms with Crippen LogP contribution in [0.2, 0.25) is 0 Å². The van der Waals surface area contributed by atoms with Gasteiger partial charge in [0.25, 0.3) is 0 Å². The van der Waals surface area contributed by atoms with Crippen LogP contribution in [0.5, 0.6) is 11.5 Å². The zero-order valence-electron chi connectivity index (χ0n) is 12.6. The number of hydrogen-bond donors (Lipinski definition) is 1. The van der Waals surface area contributed by atoms with Crippen molar-refractivity contribution >= 4 is 0 Å². The second-order valence-electron chi connectivity index (χ2n) is 5.68. The predicted molar refractivity (Wildman–Crippen MR) is 80.8 cm³/mol. The minimum absolute atomic E-state index is 0.159. The van der Waals surface area contributed by atoms with E-state index in [0.717, 1.165) is 50.6 Å². The van der Waals surface area contributed by atoms with Crippen molar-refractivity contribution in [3.63, 3.8) is 0 Å². The van der Waals surface area contributed by atoms with Crippen LogP contribution in [0.4, 0.5) is 0 Å². The molecule has 1 fully saturated rings. The SMILES string of the molecule is COCCN1CCC(N)C1c1ccc2c(c1)OCCCO2. The Kier molecular flexibility index (Phi) is 4.63. The van der Waals surface area contributed by atoms with Crippen molar-refractivity contribution in [2.24, 2.45) is 5.73 Å². The summed E-state index contributed by atoms with van der Waals surface area (Å²) < 4.78 is 16.7. The lowest BCUT2D eigenvalue weighted by Gasteiger charge is -2.27. The van der Waals surface area contributed by atoms with Gasteiger partial charge in [0.15, 0.2) is 11.5 Å². The van der Waals surface area contributed by atoms with E-state index in [-0.39, 0.29) is 12.1 Å². The fourth-order valence-corrected chi connectivity index (χ4v) is 3.16. The van der Waals surface area contributed by atoms with E-state index < -0.39 is 0 Å². The third kappa shape index (κ3) is 3.15. The molecule has 1 saturated heterocycles. The Labute approximate surface area is 126 Å². The van der Waals surface area contributed by atoms with Crippen LogP contribution < -0.4 is 15.2 Å². The summed E-state index contributed by atoms with van der Waals surface area (Å²) in [5, 5.41) is 0. The first kappa shape index (κ1) is 14.6. The van der Waals surface area contributed by atoms with Crippen molar-refractivity contribution in [1.82, 2.24) is 4.90 Å². The summed E-state index contributed by atoms with van der Waals surface area (Å²) in [6.45, 7) is 4.08. The molecule has 5 heteroatoms. The lowest BCUT2D eigenvalue weighted by Crippen LogP contribution is -2.33. The normalized spacial score (nSPS) is 25.8. The van der Waals surface area contributed by atoms with Crippen LogP contribution in [0, 0.1) is 0 Å². The molecule has 1 aromatic carbocycles. The summed E-state index contributed by atoms with van der Waals surface area (Å²) >= 11 is 0. The van der Waals surface area contributed by atoms with Crippen LogP contribution in [0.1, 0.15) is 24.4 Å². The van der Waals surface area contributed by atoms with Gasteiger partial charge in [0.1, 0.15) is 0 Å². The van der Waals surface area contributed by atoms with Gasteiger partial charge in [-0.1, -0.05) is 6.07 Å². The average molecular weight is 292 g/mol. The van der Waals surface area contributed by atoms with Gasteiger partial charge in [-0.3, -0.25) is 4.90 Å². The number of rotatable bonds is 4. The van der Waals surface area contributed by atoms with Gasteiger partial charge >= 0.3 is 0 Å². The Balaban J connectivity index is 1.82. The minimum atomic E-state index is 0.159. The van der Waals surface area contributed by atoms with Crippen molar-refractivity contribution in [2.45, 2.75) is 24.9 Å². The molecule has 0 aromatic heterocycles. The number of ether oxygens (including phenoxy) is 3. The quantitative estimate of drug-likeness (QED) is 0.913. The van der Waals surface area contributed by atoms with Crippen molar-refractivity contribution in [3.8, 4) is 11.5 Å². The molecule has 3 rings (SSSR count). The van der Waals surface area contributed by atoms with E-state index in [4.69, 9.17) is 19.9 Å². The molecule has 21 heavy (non-hydrogen) atoms. The summed E-state index contributed by atoms with van der Waals surface area (Å²) in [4.78, 5) is 2.40. The summed E-state index contributed by atoms with van der Waals surface area (Å²) in [6.07, 6.45) is 1.94. The fourth-order valence-electron chi connectivity index (χ4n) is 3.16. The van der Waals surface area contributed by atoms with E-state index in [2.05, 4.69) is 17.0 Å². The molecule has 116 valence electrons. The van der Waals surface area contributed by atoms with Crippen LogP contribution in [-0.2, 0) is 4.74 Å². The molecule has 1 aromatic rings. The van der Waals surface area contributed by atoms with Gasteiger partial charge in [0.05, 0.1) is 25.9 Å². The van der Waals surface area contributed by atoms with Gasteiger partial charge in [-0.15, -0.1) is 0 Å². The molecule has 0 amide bonds. The molecule has 2 atom stereocenters. The third-order valence-corrected chi connectivity index (χ3v) is 4.24. The van der Waals surface area contributed by atoms with Crippen LogP contribution in [0.3, 0.4) is 0 Å². The largest absolute Gasteiger partial charge is 0.490 e. The Morgan fingerprint density at radius 3 is 2.90 bits per heavy atom. The van der Waals surface area contributed by atoms with Crippen LogP contribution >= 0.6 is 0 Å². The standard InChI is InChI=1S/C16H24N2O3/c1-19-10-7-18-6-5-13(17)16(18)12-3-4-14-15(11-12)21-9-2-8-20-14/h3-4,11,13,16H,2,5-10,17H2,1H3. The number of nitrogens with two attached hydrogens (primary N) is 1. The van der Waals surface area contributed by atoms with Crippen molar-refractivity contribution in [2.75, 3.05) is 40.0 Å². The summed E-state index contributed by atoms with van der Waals surface area (Å²) in [5.41, 5.74) is 7.53. The average Bonchev–Trinajstić information content (AvgIpc) is 2.72. The number of benzene rings is 1. The zero-order chi connectivity index (χ0) is 14.7. The molecule has 0 bridgehead atoms. The van der Waals surface area contributed by atoms with Crippen LogP contribution in [0.25, 0.3) is 0 Å². The molecule has 2 N–H and O–H groups in total. The lowest BCUT2D eigenvalue weighted by molar-refractivity contribution is 0.139. The second kappa shape index (κ2) is 6.64. The molecule has 0 spiro atoms. The highest BCUT2D eigenvalue weighted by Crippen LogP contribution is 2.37. The monoisotopic (exact) mass is 292 g/mol. The fraction of sp³-hybridized carbons (Fsp3) is 0.625. The van der Waals surface area contributed by atoms with Gasteiger partial charge in [-0.05, 0) is 24.1 Å². The number of nitrogens with zero attached hydrogens (tertiary/aromatic N) is 1. The summed E-state index contributed by atoms with van der Waals surface area (Å²) in [7, 11) is 1.73.